The lowest BCUT2D eigenvalue weighted by atomic mass is 10.1. The van der Waals surface area contributed by atoms with Gasteiger partial charge in [0.15, 0.2) is 11.5 Å². The van der Waals surface area contributed by atoms with Crippen molar-refractivity contribution in [3.05, 3.63) is 23.8 Å². The fourth-order valence-corrected chi connectivity index (χ4v) is 1.44. The zero-order valence-electron chi connectivity index (χ0n) is 8.97. The fourth-order valence-electron chi connectivity index (χ4n) is 1.44. The van der Waals surface area contributed by atoms with Crippen LogP contribution in [0.15, 0.2) is 22.7 Å². The van der Waals surface area contributed by atoms with Crippen molar-refractivity contribution < 1.29 is 14.4 Å². The minimum absolute atomic E-state index is 0.111. The van der Waals surface area contributed by atoms with Crippen LogP contribution in [0.3, 0.4) is 0 Å². The van der Waals surface area contributed by atoms with Crippen LogP contribution < -0.4 is 10.5 Å². The number of nitrogen functional groups attached to an aromatic ring is 1. The van der Waals surface area contributed by atoms with Gasteiger partial charge in [0.05, 0.1) is 24.3 Å². The van der Waals surface area contributed by atoms with Crippen LogP contribution in [0, 0.1) is 11.3 Å². The maximum atomic E-state index is 9.91. The van der Waals surface area contributed by atoms with Crippen LogP contribution in [0.1, 0.15) is 5.56 Å². The predicted octanol–water partition coefficient (Wildman–Crippen LogP) is 1.51. The van der Waals surface area contributed by atoms with Crippen molar-refractivity contribution in [2.75, 3.05) is 12.8 Å². The summed E-state index contributed by atoms with van der Waals surface area (Å²) in [6, 6.07) is 6.33. The highest BCUT2D eigenvalue weighted by atomic mass is 16.5. The van der Waals surface area contributed by atoms with Crippen molar-refractivity contribution in [2.24, 2.45) is 0 Å². The fraction of sp³-hybridized carbons (Fsp3) is 0.0909. The molecule has 2 rings (SSSR count). The number of aromatic nitrogens is 1. The van der Waals surface area contributed by atoms with Crippen molar-refractivity contribution in [1.82, 2.24) is 5.16 Å². The van der Waals surface area contributed by atoms with Crippen LogP contribution >= 0.6 is 0 Å². The van der Waals surface area contributed by atoms with E-state index in [1.54, 1.807) is 0 Å². The molecule has 6 heteroatoms. The van der Waals surface area contributed by atoms with Crippen molar-refractivity contribution in [1.29, 1.82) is 5.26 Å². The average molecular weight is 231 g/mol. The summed E-state index contributed by atoms with van der Waals surface area (Å²) in [6.45, 7) is 0. The largest absolute Gasteiger partial charge is 0.504 e. The number of ether oxygens (including phenoxy) is 1. The lowest BCUT2D eigenvalue weighted by Crippen LogP contribution is -1.89. The first-order chi connectivity index (χ1) is 8.15. The summed E-state index contributed by atoms with van der Waals surface area (Å²) in [5, 5.41) is 22.5. The van der Waals surface area contributed by atoms with Crippen LogP contribution in [0.2, 0.25) is 0 Å². The number of nitrogens with zero attached hydrogens (tertiary/aromatic N) is 2. The van der Waals surface area contributed by atoms with Gasteiger partial charge in [0.25, 0.3) is 0 Å². The van der Waals surface area contributed by atoms with Crippen molar-refractivity contribution >= 4 is 5.88 Å². The molecule has 0 radical (unpaired) electrons. The number of rotatable bonds is 2. The zero-order valence-corrected chi connectivity index (χ0v) is 8.97. The average Bonchev–Trinajstić information content (AvgIpc) is 2.76. The highest BCUT2D eigenvalue weighted by molar-refractivity contribution is 5.73. The Morgan fingerprint density at radius 3 is 2.76 bits per heavy atom. The number of phenolic OH excluding ortho intramolecular Hbond substituents is 1. The third-order valence-corrected chi connectivity index (χ3v) is 2.23. The molecule has 0 aliphatic heterocycles. The molecule has 0 aliphatic carbocycles. The van der Waals surface area contributed by atoms with Crippen LogP contribution in [0.4, 0.5) is 5.88 Å². The van der Waals surface area contributed by atoms with E-state index in [0.29, 0.717) is 16.8 Å². The van der Waals surface area contributed by atoms with E-state index in [1.807, 2.05) is 6.07 Å². The molecule has 0 aliphatic rings. The molecule has 0 saturated heterocycles. The van der Waals surface area contributed by atoms with Gasteiger partial charge in [0.1, 0.15) is 5.69 Å². The third-order valence-electron chi connectivity index (χ3n) is 2.23. The Bertz CT molecular complexity index is 598. The Balaban J connectivity index is 2.64. The highest BCUT2D eigenvalue weighted by Crippen LogP contribution is 2.38. The Morgan fingerprint density at radius 2 is 2.24 bits per heavy atom. The molecule has 6 nitrogen and oxygen atoms in total. The summed E-state index contributed by atoms with van der Waals surface area (Å²) in [6.07, 6.45) is 0. The van der Waals surface area contributed by atoms with E-state index in [9.17, 15) is 5.11 Å². The zero-order chi connectivity index (χ0) is 12.4. The number of nitrogens with two attached hydrogens (primary N) is 1. The minimum Gasteiger partial charge on any atom is -0.504 e. The van der Waals surface area contributed by atoms with E-state index >= 15 is 0 Å². The predicted molar refractivity (Wildman–Crippen MR) is 59.3 cm³/mol. The smallest absolute Gasteiger partial charge is 0.222 e. The molecule has 0 bridgehead atoms. The monoisotopic (exact) mass is 231 g/mol. The first-order valence-electron chi connectivity index (χ1n) is 4.69. The molecular weight excluding hydrogens is 222 g/mol. The highest BCUT2D eigenvalue weighted by Gasteiger charge is 2.15. The normalized spacial score (nSPS) is 9.88. The number of phenols is 1. The van der Waals surface area contributed by atoms with E-state index in [4.69, 9.17) is 20.3 Å². The van der Waals surface area contributed by atoms with Gasteiger partial charge in [-0.1, -0.05) is 5.16 Å². The summed E-state index contributed by atoms with van der Waals surface area (Å²) >= 11 is 0. The lowest BCUT2D eigenvalue weighted by Gasteiger charge is -2.07. The number of hydrogen-bond donors (Lipinski definition) is 2. The topological polar surface area (TPSA) is 105 Å². The second-order valence-electron chi connectivity index (χ2n) is 3.30. The number of benzene rings is 1. The van der Waals surface area contributed by atoms with Gasteiger partial charge in [-0.3, -0.25) is 0 Å². The van der Waals surface area contributed by atoms with Gasteiger partial charge >= 0.3 is 0 Å². The molecular formula is C11H9N3O3. The molecule has 1 aromatic heterocycles. The van der Waals surface area contributed by atoms with Gasteiger partial charge < -0.3 is 20.1 Å². The van der Waals surface area contributed by atoms with Crippen molar-refractivity contribution in [3.63, 3.8) is 0 Å². The molecule has 1 aromatic carbocycles. The molecule has 0 unspecified atom stereocenters. The van der Waals surface area contributed by atoms with Gasteiger partial charge in [-0.15, -0.1) is 0 Å². The van der Waals surface area contributed by atoms with E-state index in [0.717, 1.165) is 0 Å². The molecule has 86 valence electrons. The standard InChI is InChI=1S/C11H9N3O3/c1-16-9-3-6(5-12)2-7(11(9)15)8-4-10(13)17-14-8/h2-4,15H,13H2,1H3. The Morgan fingerprint density at radius 1 is 1.47 bits per heavy atom. The molecule has 3 N–H and O–H groups in total. The Labute approximate surface area is 96.8 Å². The quantitative estimate of drug-likeness (QED) is 0.811. The Kier molecular flexibility index (Phi) is 2.58. The first kappa shape index (κ1) is 10.8. The van der Waals surface area contributed by atoms with Gasteiger partial charge in [0.2, 0.25) is 5.88 Å². The van der Waals surface area contributed by atoms with Crippen LogP contribution in [0.5, 0.6) is 11.5 Å². The SMILES string of the molecule is COc1cc(C#N)cc(-c2cc(N)on2)c1O. The molecule has 0 spiro atoms. The molecule has 0 fully saturated rings. The van der Waals surface area contributed by atoms with Gasteiger partial charge in [0, 0.05) is 12.1 Å². The van der Waals surface area contributed by atoms with Crippen LogP contribution in [0.25, 0.3) is 11.3 Å². The molecule has 1 heterocycles. The summed E-state index contributed by atoms with van der Waals surface area (Å²) < 4.78 is 9.68. The summed E-state index contributed by atoms with van der Waals surface area (Å²) in [4.78, 5) is 0. The second-order valence-corrected chi connectivity index (χ2v) is 3.30. The molecule has 0 amide bonds. The minimum atomic E-state index is -0.111. The molecule has 17 heavy (non-hydrogen) atoms. The number of anilines is 1. The van der Waals surface area contributed by atoms with Crippen LogP contribution in [-0.2, 0) is 0 Å². The number of hydrogen-bond acceptors (Lipinski definition) is 6. The molecule has 0 saturated carbocycles. The van der Waals surface area contributed by atoms with Gasteiger partial charge in [-0.2, -0.15) is 5.26 Å². The second kappa shape index (κ2) is 4.06. The lowest BCUT2D eigenvalue weighted by molar-refractivity contribution is 0.374. The number of nitriles is 1. The first-order valence-corrected chi connectivity index (χ1v) is 4.69. The van der Waals surface area contributed by atoms with Crippen molar-refractivity contribution in [3.8, 4) is 28.8 Å². The summed E-state index contributed by atoms with van der Waals surface area (Å²) in [5.74, 6) is 0.209. The number of aromatic hydroxyl groups is 1. The molecule has 0 atom stereocenters. The van der Waals surface area contributed by atoms with E-state index in [1.165, 1.54) is 25.3 Å². The van der Waals surface area contributed by atoms with Crippen molar-refractivity contribution in [2.45, 2.75) is 0 Å². The maximum absolute atomic E-state index is 9.91. The van der Waals surface area contributed by atoms with Gasteiger partial charge in [-0.25, -0.2) is 0 Å². The maximum Gasteiger partial charge on any atom is 0.222 e. The van der Waals surface area contributed by atoms with Crippen LogP contribution in [-0.4, -0.2) is 17.4 Å². The van der Waals surface area contributed by atoms with E-state index in [2.05, 4.69) is 5.16 Å². The summed E-state index contributed by atoms with van der Waals surface area (Å²) in [7, 11) is 1.40. The van der Waals surface area contributed by atoms with E-state index in [-0.39, 0.29) is 17.4 Å². The van der Waals surface area contributed by atoms with Gasteiger partial charge in [-0.05, 0) is 6.07 Å². The summed E-state index contributed by atoms with van der Waals surface area (Å²) in [5.41, 5.74) is 6.42. The third kappa shape index (κ3) is 1.86. The Hall–Kier alpha value is -2.68. The number of methoxy groups -OCH3 is 1. The molecule has 2 aromatic rings. The van der Waals surface area contributed by atoms with E-state index < -0.39 is 0 Å².